The molecule has 0 saturated heterocycles. The number of hydrogen-bond acceptors (Lipinski definition) is 4. The van der Waals surface area contributed by atoms with E-state index in [4.69, 9.17) is 20.3 Å². The van der Waals surface area contributed by atoms with Gasteiger partial charge >= 0.3 is 5.97 Å². The summed E-state index contributed by atoms with van der Waals surface area (Å²) < 4.78 is 10.5. The number of methoxy groups -OCH3 is 2. The Kier molecular flexibility index (Phi) is 6.68. The van der Waals surface area contributed by atoms with Crippen molar-refractivity contribution in [2.75, 3.05) is 14.2 Å². The predicted molar refractivity (Wildman–Crippen MR) is 86.5 cm³/mol. The molecule has 0 spiro atoms. The largest absolute Gasteiger partial charge is 0.493 e. The zero-order valence-electron chi connectivity index (χ0n) is 13.9. The topological polar surface area (TPSA) is 81.8 Å². The summed E-state index contributed by atoms with van der Waals surface area (Å²) >= 11 is 0. The number of aryl methyl sites for hydroxylation is 1. The van der Waals surface area contributed by atoms with Crippen molar-refractivity contribution in [2.45, 2.75) is 45.1 Å². The fourth-order valence-electron chi connectivity index (χ4n) is 2.54. The van der Waals surface area contributed by atoms with Crippen LogP contribution in [0.1, 0.15) is 38.7 Å². The first kappa shape index (κ1) is 18.3. The molecule has 0 saturated carbocycles. The number of carboxylic acid groups (broad SMARTS) is 1. The summed E-state index contributed by atoms with van der Waals surface area (Å²) in [5.74, 6) is 0.747. The van der Waals surface area contributed by atoms with Crippen molar-refractivity contribution in [1.82, 2.24) is 0 Å². The van der Waals surface area contributed by atoms with Crippen LogP contribution in [0.25, 0.3) is 0 Å². The van der Waals surface area contributed by atoms with Crippen LogP contribution in [-0.4, -0.2) is 30.8 Å². The molecular weight excluding hydrogens is 282 g/mol. The Labute approximate surface area is 132 Å². The second-order valence-corrected chi connectivity index (χ2v) is 5.93. The van der Waals surface area contributed by atoms with Gasteiger partial charge in [-0.3, -0.25) is 4.79 Å². The van der Waals surface area contributed by atoms with Gasteiger partial charge in [0.15, 0.2) is 11.5 Å². The molecule has 22 heavy (non-hydrogen) atoms. The fourth-order valence-corrected chi connectivity index (χ4v) is 2.54. The lowest BCUT2D eigenvalue weighted by molar-refractivity contribution is -0.143. The standard InChI is InChI=1S/C17H27NO4/c1-5-12(11-17(2,18)16(19)20)6-7-13-8-9-14(21-3)15(10-13)22-4/h8-10,12H,5-7,11,18H2,1-4H3,(H,19,20). The summed E-state index contributed by atoms with van der Waals surface area (Å²) in [5.41, 5.74) is 5.83. The molecule has 1 rings (SSSR count). The third-order valence-corrected chi connectivity index (χ3v) is 4.07. The maximum absolute atomic E-state index is 11.1. The van der Waals surface area contributed by atoms with Crippen LogP contribution in [0.2, 0.25) is 0 Å². The van der Waals surface area contributed by atoms with Crippen LogP contribution in [-0.2, 0) is 11.2 Å². The van der Waals surface area contributed by atoms with E-state index in [-0.39, 0.29) is 5.92 Å². The minimum absolute atomic E-state index is 0.277. The lowest BCUT2D eigenvalue weighted by Gasteiger charge is -2.25. The number of ether oxygens (including phenoxy) is 2. The van der Waals surface area contributed by atoms with Crippen LogP contribution >= 0.6 is 0 Å². The first-order valence-corrected chi connectivity index (χ1v) is 7.57. The molecule has 2 atom stereocenters. The summed E-state index contributed by atoms with van der Waals surface area (Å²) in [6.45, 7) is 3.64. The quantitative estimate of drug-likeness (QED) is 0.733. The van der Waals surface area contributed by atoms with Gasteiger partial charge in [-0.2, -0.15) is 0 Å². The summed E-state index contributed by atoms with van der Waals surface area (Å²) in [5, 5.41) is 9.14. The number of rotatable bonds is 9. The van der Waals surface area contributed by atoms with Crippen molar-refractivity contribution in [3.05, 3.63) is 23.8 Å². The Hall–Kier alpha value is -1.75. The Morgan fingerprint density at radius 1 is 1.32 bits per heavy atom. The van der Waals surface area contributed by atoms with E-state index in [9.17, 15) is 4.79 Å². The van der Waals surface area contributed by atoms with E-state index in [0.717, 1.165) is 24.8 Å². The van der Waals surface area contributed by atoms with Crippen molar-refractivity contribution < 1.29 is 19.4 Å². The Bertz CT molecular complexity index is 499. The Morgan fingerprint density at radius 2 is 1.95 bits per heavy atom. The molecule has 0 aromatic heterocycles. The van der Waals surface area contributed by atoms with Crippen LogP contribution in [0.3, 0.4) is 0 Å². The summed E-state index contributed by atoms with van der Waals surface area (Å²) in [4.78, 5) is 11.1. The second-order valence-electron chi connectivity index (χ2n) is 5.93. The van der Waals surface area contributed by atoms with E-state index < -0.39 is 11.5 Å². The molecule has 1 aromatic rings. The molecule has 3 N–H and O–H groups in total. The minimum Gasteiger partial charge on any atom is -0.493 e. The maximum Gasteiger partial charge on any atom is 0.323 e. The van der Waals surface area contributed by atoms with Gasteiger partial charge in [-0.15, -0.1) is 0 Å². The average molecular weight is 309 g/mol. The molecule has 0 aliphatic carbocycles. The van der Waals surface area contributed by atoms with Crippen LogP contribution in [0.5, 0.6) is 11.5 Å². The van der Waals surface area contributed by atoms with Crippen LogP contribution in [0.15, 0.2) is 18.2 Å². The van der Waals surface area contributed by atoms with Gasteiger partial charge < -0.3 is 20.3 Å². The molecule has 5 heteroatoms. The molecule has 0 fully saturated rings. The molecule has 0 aliphatic heterocycles. The summed E-state index contributed by atoms with van der Waals surface area (Å²) in [6, 6.07) is 5.86. The molecule has 0 radical (unpaired) electrons. The summed E-state index contributed by atoms with van der Waals surface area (Å²) in [7, 11) is 3.22. The number of nitrogens with two attached hydrogens (primary N) is 1. The Balaban J connectivity index is 2.69. The van der Waals surface area contributed by atoms with Gasteiger partial charge in [0.2, 0.25) is 0 Å². The molecule has 2 unspecified atom stereocenters. The highest BCUT2D eigenvalue weighted by Crippen LogP contribution is 2.29. The SMILES string of the molecule is CCC(CCc1ccc(OC)c(OC)c1)CC(C)(N)C(=O)O. The predicted octanol–water partition coefficient (Wildman–Crippen LogP) is 2.85. The van der Waals surface area contributed by atoms with Crippen molar-refractivity contribution >= 4 is 5.97 Å². The highest BCUT2D eigenvalue weighted by atomic mass is 16.5. The van der Waals surface area contributed by atoms with Crippen LogP contribution in [0, 0.1) is 5.92 Å². The third kappa shape index (κ3) is 4.91. The molecule has 1 aromatic carbocycles. The molecule has 0 aliphatic rings. The number of carboxylic acids is 1. The van der Waals surface area contributed by atoms with E-state index in [1.54, 1.807) is 21.1 Å². The van der Waals surface area contributed by atoms with Crippen molar-refractivity contribution in [3.8, 4) is 11.5 Å². The van der Waals surface area contributed by atoms with Crippen LogP contribution < -0.4 is 15.2 Å². The fraction of sp³-hybridized carbons (Fsp3) is 0.588. The number of benzene rings is 1. The van der Waals surface area contributed by atoms with Gasteiger partial charge in [0.05, 0.1) is 14.2 Å². The monoisotopic (exact) mass is 309 g/mol. The third-order valence-electron chi connectivity index (χ3n) is 4.07. The molecule has 5 nitrogen and oxygen atoms in total. The van der Waals surface area contributed by atoms with Gasteiger partial charge in [0.25, 0.3) is 0 Å². The Morgan fingerprint density at radius 3 is 2.45 bits per heavy atom. The van der Waals surface area contributed by atoms with Gasteiger partial charge in [0, 0.05) is 0 Å². The van der Waals surface area contributed by atoms with E-state index in [1.165, 1.54) is 0 Å². The smallest absolute Gasteiger partial charge is 0.323 e. The zero-order valence-corrected chi connectivity index (χ0v) is 13.9. The first-order valence-electron chi connectivity index (χ1n) is 7.57. The second kappa shape index (κ2) is 8.03. The van der Waals surface area contributed by atoms with Gasteiger partial charge in [-0.25, -0.2) is 0 Å². The zero-order chi connectivity index (χ0) is 16.8. The van der Waals surface area contributed by atoms with E-state index in [1.807, 2.05) is 18.2 Å². The lowest BCUT2D eigenvalue weighted by Crippen LogP contribution is -2.46. The number of carbonyl (C=O) groups is 1. The average Bonchev–Trinajstić information content (AvgIpc) is 2.50. The molecule has 0 bridgehead atoms. The molecule has 124 valence electrons. The highest BCUT2D eigenvalue weighted by Gasteiger charge is 2.30. The maximum atomic E-state index is 11.1. The van der Waals surface area contributed by atoms with E-state index in [2.05, 4.69) is 6.92 Å². The van der Waals surface area contributed by atoms with Crippen molar-refractivity contribution in [3.63, 3.8) is 0 Å². The van der Waals surface area contributed by atoms with E-state index >= 15 is 0 Å². The van der Waals surface area contributed by atoms with Crippen LogP contribution in [0.4, 0.5) is 0 Å². The first-order chi connectivity index (χ1) is 10.3. The summed E-state index contributed by atoms with van der Waals surface area (Å²) in [6.07, 6.45) is 3.14. The van der Waals surface area contributed by atoms with Gasteiger partial charge in [-0.1, -0.05) is 19.4 Å². The minimum atomic E-state index is -1.17. The lowest BCUT2D eigenvalue weighted by atomic mass is 9.85. The number of aliphatic carboxylic acids is 1. The van der Waals surface area contributed by atoms with Crippen molar-refractivity contribution in [1.29, 1.82) is 0 Å². The van der Waals surface area contributed by atoms with Gasteiger partial charge in [0.1, 0.15) is 5.54 Å². The van der Waals surface area contributed by atoms with Crippen molar-refractivity contribution in [2.24, 2.45) is 11.7 Å². The molecule has 0 amide bonds. The van der Waals surface area contributed by atoms with E-state index in [0.29, 0.717) is 17.9 Å². The molecule has 0 heterocycles. The normalized spacial score (nSPS) is 15.0. The number of hydrogen-bond donors (Lipinski definition) is 2. The van der Waals surface area contributed by atoms with Gasteiger partial charge in [-0.05, 0) is 49.8 Å². The highest BCUT2D eigenvalue weighted by molar-refractivity contribution is 5.77. The molecular formula is C17H27NO4.